The summed E-state index contributed by atoms with van der Waals surface area (Å²) in [7, 11) is 0. The molecule has 0 aliphatic heterocycles. The van der Waals surface area contributed by atoms with Crippen LogP contribution >= 0.6 is 12.4 Å². The molecule has 1 aromatic carbocycles. The van der Waals surface area contributed by atoms with E-state index >= 15 is 0 Å². The van der Waals surface area contributed by atoms with Gasteiger partial charge in [0.2, 0.25) is 0 Å². The first-order valence-corrected chi connectivity index (χ1v) is 7.33. The molecule has 0 radical (unpaired) electrons. The molecule has 2 rings (SSSR count). The van der Waals surface area contributed by atoms with Gasteiger partial charge < -0.3 is 16.0 Å². The number of benzene rings is 1. The molecule has 0 unspecified atom stereocenters. The van der Waals surface area contributed by atoms with Crippen molar-refractivity contribution in [3.05, 3.63) is 44.6 Å². The summed E-state index contributed by atoms with van der Waals surface area (Å²) in [5.74, 6) is -0.237. The summed E-state index contributed by atoms with van der Waals surface area (Å²) in [6.45, 7) is 3.16. The Balaban J connectivity index is 0.00000264. The van der Waals surface area contributed by atoms with Crippen LogP contribution in [-0.4, -0.2) is 28.5 Å². The molecular formula is C15H21ClN4O3. The molecule has 23 heavy (non-hydrogen) atoms. The highest BCUT2D eigenvalue weighted by atomic mass is 35.5. The van der Waals surface area contributed by atoms with Crippen molar-refractivity contribution in [2.75, 3.05) is 13.1 Å². The molecule has 0 aliphatic carbocycles. The highest BCUT2D eigenvalue weighted by Crippen LogP contribution is 2.09. The van der Waals surface area contributed by atoms with Crippen molar-refractivity contribution in [1.82, 2.24) is 14.9 Å². The van der Waals surface area contributed by atoms with Crippen LogP contribution in [0.25, 0.3) is 10.9 Å². The van der Waals surface area contributed by atoms with E-state index in [1.165, 1.54) is 6.07 Å². The third kappa shape index (κ3) is 4.20. The Morgan fingerprint density at radius 3 is 2.70 bits per heavy atom. The second-order valence-corrected chi connectivity index (χ2v) is 4.99. The van der Waals surface area contributed by atoms with E-state index in [4.69, 9.17) is 5.73 Å². The van der Waals surface area contributed by atoms with Gasteiger partial charge in [-0.05, 0) is 44.5 Å². The monoisotopic (exact) mass is 340 g/mol. The number of fused-ring (bicyclic) bond motifs is 1. The number of hydrogen-bond donors (Lipinski definition) is 3. The third-order valence-electron chi connectivity index (χ3n) is 3.48. The lowest BCUT2D eigenvalue weighted by Gasteiger charge is -2.07. The lowest BCUT2D eigenvalue weighted by atomic mass is 10.1. The minimum Gasteiger partial charge on any atom is -0.352 e. The number of hydrogen-bond acceptors (Lipinski definition) is 4. The summed E-state index contributed by atoms with van der Waals surface area (Å²) in [4.78, 5) is 38.6. The highest BCUT2D eigenvalue weighted by molar-refractivity contribution is 5.97. The van der Waals surface area contributed by atoms with Crippen molar-refractivity contribution in [3.8, 4) is 0 Å². The van der Waals surface area contributed by atoms with Crippen LogP contribution in [0.2, 0.25) is 0 Å². The molecule has 1 heterocycles. The Bertz CT molecular complexity index is 797. The van der Waals surface area contributed by atoms with E-state index in [2.05, 4.69) is 10.3 Å². The van der Waals surface area contributed by atoms with Gasteiger partial charge in [0, 0.05) is 18.7 Å². The Hall–Kier alpha value is -2.12. The maximum Gasteiger partial charge on any atom is 0.328 e. The first-order valence-electron chi connectivity index (χ1n) is 7.33. The fourth-order valence-electron chi connectivity index (χ4n) is 2.26. The Morgan fingerprint density at radius 1 is 1.30 bits per heavy atom. The third-order valence-corrected chi connectivity index (χ3v) is 3.48. The van der Waals surface area contributed by atoms with Crippen LogP contribution < -0.4 is 22.3 Å². The first kappa shape index (κ1) is 18.9. The van der Waals surface area contributed by atoms with E-state index in [9.17, 15) is 14.4 Å². The number of aromatic amines is 1. The van der Waals surface area contributed by atoms with Crippen LogP contribution in [0.15, 0.2) is 27.8 Å². The van der Waals surface area contributed by atoms with Gasteiger partial charge in [0.15, 0.2) is 0 Å². The van der Waals surface area contributed by atoms with Gasteiger partial charge in [0.05, 0.1) is 10.9 Å². The van der Waals surface area contributed by atoms with Crippen LogP contribution in [0.4, 0.5) is 0 Å². The zero-order valence-electron chi connectivity index (χ0n) is 12.9. The van der Waals surface area contributed by atoms with Gasteiger partial charge in [-0.3, -0.25) is 14.2 Å². The molecule has 4 N–H and O–H groups in total. The van der Waals surface area contributed by atoms with Crippen molar-refractivity contribution < 1.29 is 4.79 Å². The van der Waals surface area contributed by atoms with E-state index in [1.807, 2.05) is 0 Å². The lowest BCUT2D eigenvalue weighted by molar-refractivity contribution is 0.0953. The minimum absolute atomic E-state index is 0. The zero-order chi connectivity index (χ0) is 16.1. The van der Waals surface area contributed by atoms with Gasteiger partial charge in [-0.15, -0.1) is 12.4 Å². The van der Waals surface area contributed by atoms with Crippen molar-refractivity contribution in [1.29, 1.82) is 0 Å². The average molecular weight is 341 g/mol. The second kappa shape index (κ2) is 8.50. The number of H-pyrrole nitrogens is 1. The molecule has 0 aliphatic rings. The van der Waals surface area contributed by atoms with Gasteiger partial charge in [0.25, 0.3) is 11.5 Å². The summed E-state index contributed by atoms with van der Waals surface area (Å²) >= 11 is 0. The van der Waals surface area contributed by atoms with Crippen LogP contribution in [0, 0.1) is 0 Å². The summed E-state index contributed by atoms with van der Waals surface area (Å²) < 4.78 is 1.12. The van der Waals surface area contributed by atoms with Crippen LogP contribution in [-0.2, 0) is 6.54 Å². The predicted octanol–water partition coefficient (Wildman–Crippen LogP) is 0.600. The largest absolute Gasteiger partial charge is 0.352 e. The fraction of sp³-hybridized carbons (Fsp3) is 0.400. The van der Waals surface area contributed by atoms with Gasteiger partial charge in [-0.25, -0.2) is 4.79 Å². The number of rotatable bonds is 6. The molecule has 0 saturated heterocycles. The zero-order valence-corrected chi connectivity index (χ0v) is 13.7. The molecule has 0 bridgehead atoms. The molecule has 2 aromatic rings. The molecule has 0 atom stereocenters. The number of carbonyl (C=O) groups is 1. The van der Waals surface area contributed by atoms with E-state index in [-0.39, 0.29) is 23.9 Å². The summed E-state index contributed by atoms with van der Waals surface area (Å²) in [5, 5.41) is 3.17. The van der Waals surface area contributed by atoms with Crippen LogP contribution in [0.3, 0.4) is 0 Å². The standard InChI is InChI=1S/C15H20N4O3.ClH/c1-2-19-14(21)11-6-5-10(9-12(11)18-15(19)22)13(20)17-8-4-3-7-16;/h5-6,9H,2-4,7-8,16H2,1H3,(H,17,20)(H,18,22);1H. The Labute approximate surface area is 139 Å². The number of carbonyl (C=O) groups excluding carboxylic acids is 1. The Morgan fingerprint density at radius 2 is 2.04 bits per heavy atom. The van der Waals surface area contributed by atoms with Gasteiger partial charge in [-0.1, -0.05) is 0 Å². The molecule has 0 fully saturated rings. The van der Waals surface area contributed by atoms with E-state index in [0.717, 1.165) is 17.4 Å². The summed E-state index contributed by atoms with van der Waals surface area (Å²) in [6, 6.07) is 4.67. The number of unbranched alkanes of at least 4 members (excludes halogenated alkanes) is 1. The van der Waals surface area contributed by atoms with Crippen molar-refractivity contribution in [3.63, 3.8) is 0 Å². The lowest BCUT2D eigenvalue weighted by Crippen LogP contribution is -2.34. The molecule has 0 spiro atoms. The van der Waals surface area contributed by atoms with Gasteiger partial charge >= 0.3 is 5.69 Å². The van der Waals surface area contributed by atoms with Gasteiger partial charge in [0.1, 0.15) is 0 Å². The molecule has 126 valence electrons. The van der Waals surface area contributed by atoms with Crippen LogP contribution in [0.1, 0.15) is 30.1 Å². The first-order chi connectivity index (χ1) is 10.6. The average Bonchev–Trinajstić information content (AvgIpc) is 2.51. The van der Waals surface area contributed by atoms with Crippen LogP contribution in [0.5, 0.6) is 0 Å². The SMILES string of the molecule is CCn1c(=O)[nH]c2cc(C(=O)NCCCCN)ccc2c1=O.Cl. The second-order valence-electron chi connectivity index (χ2n) is 4.99. The predicted molar refractivity (Wildman–Crippen MR) is 92.4 cm³/mol. The topological polar surface area (TPSA) is 110 Å². The van der Waals surface area contributed by atoms with Crippen molar-refractivity contribution in [2.45, 2.75) is 26.3 Å². The van der Waals surface area contributed by atoms with E-state index in [1.54, 1.807) is 19.1 Å². The highest BCUT2D eigenvalue weighted by Gasteiger charge is 2.10. The number of aromatic nitrogens is 2. The number of nitrogens with two attached hydrogens (primary N) is 1. The summed E-state index contributed by atoms with van der Waals surface area (Å²) in [6.07, 6.45) is 1.66. The van der Waals surface area contributed by atoms with E-state index < -0.39 is 5.69 Å². The number of halogens is 1. The molecule has 1 amide bonds. The molecular weight excluding hydrogens is 320 g/mol. The molecule has 0 saturated carbocycles. The summed E-state index contributed by atoms with van der Waals surface area (Å²) in [5.41, 5.74) is 5.35. The Kier molecular flexibility index (Phi) is 6.99. The fourth-order valence-corrected chi connectivity index (χ4v) is 2.26. The number of amides is 1. The molecule has 7 nitrogen and oxygen atoms in total. The maximum absolute atomic E-state index is 12.1. The minimum atomic E-state index is -0.472. The normalized spacial score (nSPS) is 10.3. The van der Waals surface area contributed by atoms with Crippen molar-refractivity contribution >= 4 is 29.2 Å². The molecule has 8 heteroatoms. The quantitative estimate of drug-likeness (QED) is 0.669. The smallest absolute Gasteiger partial charge is 0.328 e. The maximum atomic E-state index is 12.1. The number of nitrogens with one attached hydrogen (secondary N) is 2. The number of nitrogens with zero attached hydrogens (tertiary/aromatic N) is 1. The van der Waals surface area contributed by atoms with E-state index in [0.29, 0.717) is 36.1 Å². The molecule has 1 aromatic heterocycles. The van der Waals surface area contributed by atoms with Crippen molar-refractivity contribution in [2.24, 2.45) is 5.73 Å². The van der Waals surface area contributed by atoms with Gasteiger partial charge in [-0.2, -0.15) is 0 Å².